The first-order chi connectivity index (χ1) is 16.3. The van der Waals surface area contributed by atoms with E-state index in [2.05, 4.69) is 10.4 Å². The molecule has 1 saturated heterocycles. The zero-order chi connectivity index (χ0) is 24.3. The van der Waals surface area contributed by atoms with Crippen LogP contribution in [0, 0.1) is 13.8 Å². The summed E-state index contributed by atoms with van der Waals surface area (Å²) in [5, 5.41) is 7.42. The van der Waals surface area contributed by atoms with Gasteiger partial charge in [-0.2, -0.15) is 9.40 Å². The average molecular weight is 482 g/mol. The summed E-state index contributed by atoms with van der Waals surface area (Å²) >= 11 is 0. The monoisotopic (exact) mass is 481 g/mol. The molecule has 3 aromatic rings. The molecule has 1 N–H and O–H groups in total. The number of sulfonamides is 1. The van der Waals surface area contributed by atoms with Crippen LogP contribution in [0.25, 0.3) is 0 Å². The lowest BCUT2D eigenvalue weighted by Gasteiger charge is -2.26. The van der Waals surface area contributed by atoms with Gasteiger partial charge in [0.05, 0.1) is 17.4 Å². The van der Waals surface area contributed by atoms with Crippen molar-refractivity contribution in [2.45, 2.75) is 31.2 Å². The highest BCUT2D eigenvalue weighted by Gasteiger charge is 2.33. The Bertz CT molecular complexity index is 1200. The van der Waals surface area contributed by atoms with E-state index in [1.54, 1.807) is 30.5 Å². The maximum Gasteiger partial charge on any atom is 0.318 e. The molecule has 8 nitrogen and oxygen atoms in total. The largest absolute Gasteiger partial charge is 0.327 e. The minimum Gasteiger partial charge on any atom is -0.327 e. The summed E-state index contributed by atoms with van der Waals surface area (Å²) in [6, 6.07) is 19.2. The molecule has 4 rings (SSSR count). The molecule has 0 spiro atoms. The Morgan fingerprint density at radius 2 is 1.50 bits per heavy atom. The molecule has 1 fully saturated rings. The summed E-state index contributed by atoms with van der Waals surface area (Å²) in [5.41, 5.74) is 3.09. The van der Waals surface area contributed by atoms with Crippen LogP contribution in [0.15, 0.2) is 65.6 Å². The molecule has 0 saturated carbocycles. The van der Waals surface area contributed by atoms with Gasteiger partial charge in [0.1, 0.15) is 4.90 Å². The summed E-state index contributed by atoms with van der Waals surface area (Å²) in [6.45, 7) is 4.88. The van der Waals surface area contributed by atoms with Gasteiger partial charge in [-0.1, -0.05) is 60.7 Å². The zero-order valence-corrected chi connectivity index (χ0v) is 20.6. The van der Waals surface area contributed by atoms with Crippen LogP contribution in [0.4, 0.5) is 4.79 Å². The molecule has 0 radical (unpaired) electrons. The maximum absolute atomic E-state index is 13.4. The van der Waals surface area contributed by atoms with Crippen molar-refractivity contribution in [1.82, 2.24) is 24.3 Å². The van der Waals surface area contributed by atoms with Gasteiger partial charge in [-0.05, 0) is 31.4 Å². The summed E-state index contributed by atoms with van der Waals surface area (Å²) in [4.78, 5) is 15.2. The Morgan fingerprint density at radius 1 is 0.912 bits per heavy atom. The quantitative estimate of drug-likeness (QED) is 0.606. The van der Waals surface area contributed by atoms with Gasteiger partial charge in [-0.3, -0.25) is 4.68 Å². The van der Waals surface area contributed by atoms with Gasteiger partial charge in [0.2, 0.25) is 10.0 Å². The van der Waals surface area contributed by atoms with Crippen molar-refractivity contribution in [2.24, 2.45) is 7.05 Å². The standard InChI is InChI=1S/C25H31N5O3S/c1-19-24(20(2)28(3)27-19)34(32,33)30-16-10-15-29(17-18-30)25(31)26-23(21-11-6-4-7-12-21)22-13-8-5-9-14-22/h4-9,11-14,23H,10,15-18H2,1-3H3,(H,26,31). The van der Waals surface area contributed by atoms with Crippen molar-refractivity contribution in [2.75, 3.05) is 26.2 Å². The van der Waals surface area contributed by atoms with Crippen molar-refractivity contribution < 1.29 is 13.2 Å². The second kappa shape index (κ2) is 9.99. The van der Waals surface area contributed by atoms with Gasteiger partial charge in [0, 0.05) is 33.2 Å². The second-order valence-corrected chi connectivity index (χ2v) is 10.4. The number of hydrogen-bond acceptors (Lipinski definition) is 4. The van der Waals surface area contributed by atoms with Gasteiger partial charge >= 0.3 is 6.03 Å². The first-order valence-electron chi connectivity index (χ1n) is 11.4. The Hall–Kier alpha value is -3.17. The summed E-state index contributed by atoms with van der Waals surface area (Å²) in [6.07, 6.45) is 0.562. The highest BCUT2D eigenvalue weighted by molar-refractivity contribution is 7.89. The predicted molar refractivity (Wildman–Crippen MR) is 131 cm³/mol. The molecule has 2 aromatic carbocycles. The lowest BCUT2D eigenvalue weighted by molar-refractivity contribution is 0.198. The summed E-state index contributed by atoms with van der Waals surface area (Å²) in [5.74, 6) is 0. The number of amides is 2. The molecule has 1 aromatic heterocycles. The van der Waals surface area contributed by atoms with E-state index in [1.165, 1.54) is 4.31 Å². The van der Waals surface area contributed by atoms with E-state index < -0.39 is 10.0 Å². The molecule has 0 unspecified atom stereocenters. The number of nitrogens with one attached hydrogen (secondary N) is 1. The Balaban J connectivity index is 1.50. The van der Waals surface area contributed by atoms with E-state index in [0.717, 1.165) is 11.1 Å². The third-order valence-corrected chi connectivity index (χ3v) is 8.47. The first-order valence-corrected chi connectivity index (χ1v) is 12.9. The van der Waals surface area contributed by atoms with E-state index >= 15 is 0 Å². The van der Waals surface area contributed by atoms with E-state index in [1.807, 2.05) is 60.7 Å². The van der Waals surface area contributed by atoms with Crippen LogP contribution in [0.5, 0.6) is 0 Å². The molecule has 34 heavy (non-hydrogen) atoms. The van der Waals surface area contributed by atoms with Crippen molar-refractivity contribution in [1.29, 1.82) is 0 Å². The number of benzene rings is 2. The van der Waals surface area contributed by atoms with Crippen molar-refractivity contribution in [3.63, 3.8) is 0 Å². The third-order valence-electron chi connectivity index (χ3n) is 6.32. The fraction of sp³-hybridized carbons (Fsp3) is 0.360. The minimum absolute atomic E-state index is 0.203. The Kier molecular flexibility index (Phi) is 7.04. The van der Waals surface area contributed by atoms with E-state index in [9.17, 15) is 13.2 Å². The van der Waals surface area contributed by atoms with Gasteiger partial charge in [-0.25, -0.2) is 13.2 Å². The number of aryl methyl sites for hydroxylation is 2. The molecular formula is C25H31N5O3S. The van der Waals surface area contributed by atoms with Gasteiger partial charge in [-0.15, -0.1) is 0 Å². The number of nitrogens with zero attached hydrogens (tertiary/aromatic N) is 4. The molecule has 0 aliphatic carbocycles. The Morgan fingerprint density at radius 3 is 2.03 bits per heavy atom. The molecule has 180 valence electrons. The number of rotatable bonds is 5. The van der Waals surface area contributed by atoms with Crippen LogP contribution in [0.3, 0.4) is 0 Å². The molecule has 9 heteroatoms. The van der Waals surface area contributed by atoms with Crippen LogP contribution in [0.2, 0.25) is 0 Å². The fourth-order valence-corrected chi connectivity index (χ4v) is 6.33. The third kappa shape index (κ3) is 4.85. The van der Waals surface area contributed by atoms with E-state index in [-0.39, 0.29) is 23.5 Å². The molecule has 2 amide bonds. The van der Waals surface area contributed by atoms with Crippen molar-refractivity contribution in [3.8, 4) is 0 Å². The molecular weight excluding hydrogens is 450 g/mol. The van der Waals surface area contributed by atoms with Crippen LogP contribution >= 0.6 is 0 Å². The molecule has 2 heterocycles. The minimum atomic E-state index is -3.69. The topological polar surface area (TPSA) is 87.5 Å². The molecule has 0 bridgehead atoms. The SMILES string of the molecule is Cc1nn(C)c(C)c1S(=O)(=O)N1CCCN(C(=O)NC(c2ccccc2)c2ccccc2)CC1. The van der Waals surface area contributed by atoms with Gasteiger partial charge < -0.3 is 10.2 Å². The van der Waals surface area contributed by atoms with E-state index in [4.69, 9.17) is 0 Å². The fourth-order valence-electron chi connectivity index (χ4n) is 4.46. The normalized spacial score (nSPS) is 15.4. The van der Waals surface area contributed by atoms with Gasteiger partial charge in [0.25, 0.3) is 0 Å². The lowest BCUT2D eigenvalue weighted by Crippen LogP contribution is -2.44. The lowest BCUT2D eigenvalue weighted by atomic mass is 9.99. The molecule has 0 atom stereocenters. The highest BCUT2D eigenvalue weighted by atomic mass is 32.2. The van der Waals surface area contributed by atoms with Gasteiger partial charge in [0.15, 0.2) is 0 Å². The first kappa shape index (κ1) is 24.0. The molecule has 1 aliphatic heterocycles. The predicted octanol–water partition coefficient (Wildman–Crippen LogP) is 3.23. The number of hydrogen-bond donors (Lipinski definition) is 1. The smallest absolute Gasteiger partial charge is 0.318 e. The molecule has 1 aliphatic rings. The number of urea groups is 1. The highest BCUT2D eigenvalue weighted by Crippen LogP contribution is 2.25. The number of carbonyl (C=O) groups excluding carboxylic acids is 1. The zero-order valence-electron chi connectivity index (χ0n) is 19.8. The van der Waals surface area contributed by atoms with Crippen LogP contribution in [0.1, 0.15) is 35.0 Å². The average Bonchev–Trinajstić information content (AvgIpc) is 3.00. The van der Waals surface area contributed by atoms with E-state index in [0.29, 0.717) is 37.4 Å². The number of aromatic nitrogens is 2. The second-order valence-electron chi connectivity index (χ2n) is 8.57. The van der Waals surface area contributed by atoms with Crippen LogP contribution in [-0.2, 0) is 17.1 Å². The maximum atomic E-state index is 13.4. The Labute approximate surface area is 201 Å². The van der Waals surface area contributed by atoms with Crippen molar-refractivity contribution >= 4 is 16.1 Å². The van der Waals surface area contributed by atoms with Crippen molar-refractivity contribution in [3.05, 3.63) is 83.2 Å². The van der Waals surface area contributed by atoms with Crippen LogP contribution < -0.4 is 5.32 Å². The summed E-state index contributed by atoms with van der Waals surface area (Å²) in [7, 11) is -1.95. The van der Waals surface area contributed by atoms with Crippen LogP contribution in [-0.4, -0.2) is 59.6 Å². The summed E-state index contributed by atoms with van der Waals surface area (Å²) < 4.78 is 29.8. The number of carbonyl (C=O) groups is 1.